The number of sulfonamides is 1. The summed E-state index contributed by atoms with van der Waals surface area (Å²) in [4.78, 5) is 8.20. The fraction of sp³-hybridized carbons (Fsp3) is 0.333. The van der Waals surface area contributed by atoms with Crippen LogP contribution in [0.15, 0.2) is 48.0 Å². The van der Waals surface area contributed by atoms with Crippen LogP contribution in [0.25, 0.3) is 0 Å². The Kier molecular flexibility index (Phi) is 6.39. The highest BCUT2D eigenvalue weighted by Gasteiger charge is 2.17. The zero-order chi connectivity index (χ0) is 20.9. The summed E-state index contributed by atoms with van der Waals surface area (Å²) in [5, 5.41) is 14.2. The smallest absolute Gasteiger partial charge is 0.259 e. The lowest BCUT2D eigenvalue weighted by molar-refractivity contribution is 0.577. The number of hydrogen-bond donors (Lipinski definition) is 3. The molecule has 3 rings (SSSR count). The summed E-state index contributed by atoms with van der Waals surface area (Å²) in [6.45, 7) is 6.41. The minimum Gasteiger partial charge on any atom is -0.367 e. The number of nitrogens with one attached hydrogen (secondary N) is 3. The summed E-state index contributed by atoms with van der Waals surface area (Å²) < 4.78 is 28.8. The minimum absolute atomic E-state index is 0.00568. The number of rotatable bonds is 9. The molecule has 0 saturated carbocycles. The van der Waals surface area contributed by atoms with Gasteiger partial charge in [0.25, 0.3) is 10.0 Å². The molecule has 3 aromatic heterocycles. The van der Waals surface area contributed by atoms with Crippen molar-refractivity contribution in [3.05, 3.63) is 48.5 Å². The van der Waals surface area contributed by atoms with Crippen molar-refractivity contribution in [3.63, 3.8) is 0 Å². The van der Waals surface area contributed by atoms with Gasteiger partial charge in [-0.3, -0.25) is 0 Å². The van der Waals surface area contributed by atoms with E-state index in [1.807, 2.05) is 32.9 Å². The van der Waals surface area contributed by atoms with Gasteiger partial charge in [0.1, 0.15) is 11.6 Å². The molecule has 0 bridgehead atoms. The predicted octanol–water partition coefficient (Wildman–Crippen LogP) is 2.09. The maximum Gasteiger partial charge on any atom is 0.259 e. The molecule has 0 spiro atoms. The second kappa shape index (κ2) is 8.97. The molecule has 0 aliphatic heterocycles. The second-order valence-electron chi connectivity index (χ2n) is 6.73. The van der Waals surface area contributed by atoms with Crippen LogP contribution in [0.1, 0.15) is 25.5 Å². The van der Waals surface area contributed by atoms with E-state index in [4.69, 9.17) is 0 Å². The third kappa shape index (κ3) is 5.72. The van der Waals surface area contributed by atoms with Gasteiger partial charge in [0.05, 0.1) is 6.33 Å². The van der Waals surface area contributed by atoms with Crippen LogP contribution in [-0.2, 0) is 10.0 Å². The fourth-order valence-corrected chi connectivity index (χ4v) is 3.32. The first-order valence-corrected chi connectivity index (χ1v) is 10.6. The maximum atomic E-state index is 12.3. The number of aromatic nitrogens is 5. The zero-order valence-electron chi connectivity index (χ0n) is 16.5. The van der Waals surface area contributed by atoms with Crippen LogP contribution in [0.2, 0.25) is 0 Å². The standard InChI is InChI=1S/C18H24N8O2S/c1-13(2)26-11-18(21-12-26)29(27,28)22-9-8-19-16-6-7-17(25-24-16)23-15-5-4-14(3)10-20-15/h4-7,10-13,22H,8-9H2,1-3H3,(H,19,24)(H,20,23,25). The molecule has 0 radical (unpaired) electrons. The van der Waals surface area contributed by atoms with Crippen molar-refractivity contribution in [2.45, 2.75) is 31.8 Å². The Morgan fingerprint density at radius 2 is 1.72 bits per heavy atom. The Bertz CT molecular complexity index is 1030. The third-order valence-corrected chi connectivity index (χ3v) is 5.35. The van der Waals surface area contributed by atoms with Gasteiger partial charge in [-0.25, -0.2) is 23.1 Å². The van der Waals surface area contributed by atoms with Gasteiger partial charge >= 0.3 is 0 Å². The van der Waals surface area contributed by atoms with Gasteiger partial charge in [-0.2, -0.15) is 0 Å². The van der Waals surface area contributed by atoms with Gasteiger partial charge in [-0.1, -0.05) is 6.07 Å². The van der Waals surface area contributed by atoms with Gasteiger partial charge in [-0.05, 0) is 44.5 Å². The Balaban J connectivity index is 1.47. The van der Waals surface area contributed by atoms with E-state index in [1.165, 1.54) is 12.5 Å². The van der Waals surface area contributed by atoms with Gasteiger partial charge in [-0.15, -0.1) is 10.2 Å². The first kappa shape index (κ1) is 20.7. The van der Waals surface area contributed by atoms with Crippen molar-refractivity contribution in [1.29, 1.82) is 0 Å². The van der Waals surface area contributed by atoms with E-state index in [0.717, 1.165) is 5.56 Å². The van der Waals surface area contributed by atoms with Crippen molar-refractivity contribution in [3.8, 4) is 0 Å². The SMILES string of the molecule is Cc1ccc(Nc2ccc(NCCNS(=O)(=O)c3cn(C(C)C)cn3)nn2)nc1. The summed E-state index contributed by atoms with van der Waals surface area (Å²) in [7, 11) is -3.65. The maximum absolute atomic E-state index is 12.3. The highest BCUT2D eigenvalue weighted by atomic mass is 32.2. The molecule has 0 aromatic carbocycles. The van der Waals surface area contributed by atoms with Crippen LogP contribution < -0.4 is 15.4 Å². The molecule has 29 heavy (non-hydrogen) atoms. The molecular weight excluding hydrogens is 392 g/mol. The molecule has 0 aliphatic rings. The van der Waals surface area contributed by atoms with E-state index in [1.54, 1.807) is 22.9 Å². The first-order chi connectivity index (χ1) is 13.8. The molecule has 10 nitrogen and oxygen atoms in total. The van der Waals surface area contributed by atoms with Crippen molar-refractivity contribution in [1.82, 2.24) is 29.5 Å². The average Bonchev–Trinajstić information content (AvgIpc) is 3.20. The third-order valence-electron chi connectivity index (χ3n) is 4.00. The summed E-state index contributed by atoms with van der Waals surface area (Å²) in [5.41, 5.74) is 1.07. The lowest BCUT2D eigenvalue weighted by Crippen LogP contribution is -2.29. The molecule has 3 N–H and O–H groups in total. The molecule has 0 fully saturated rings. The zero-order valence-corrected chi connectivity index (χ0v) is 17.3. The molecule has 154 valence electrons. The second-order valence-corrected chi connectivity index (χ2v) is 8.44. The highest BCUT2D eigenvalue weighted by Crippen LogP contribution is 2.13. The number of nitrogens with zero attached hydrogens (tertiary/aromatic N) is 5. The lowest BCUT2D eigenvalue weighted by Gasteiger charge is -2.08. The van der Waals surface area contributed by atoms with E-state index in [2.05, 4.69) is 35.5 Å². The van der Waals surface area contributed by atoms with Gasteiger partial charge in [0, 0.05) is 31.5 Å². The number of hydrogen-bond acceptors (Lipinski definition) is 8. The molecule has 3 heterocycles. The average molecular weight is 417 g/mol. The summed E-state index contributed by atoms with van der Waals surface area (Å²) >= 11 is 0. The Morgan fingerprint density at radius 3 is 2.34 bits per heavy atom. The van der Waals surface area contributed by atoms with Crippen molar-refractivity contribution in [2.75, 3.05) is 23.7 Å². The predicted molar refractivity (Wildman–Crippen MR) is 111 cm³/mol. The topological polar surface area (TPSA) is 127 Å². The van der Waals surface area contributed by atoms with E-state index < -0.39 is 10.0 Å². The largest absolute Gasteiger partial charge is 0.367 e. The molecule has 0 atom stereocenters. The molecule has 3 aromatic rings. The Labute approximate surface area is 169 Å². The van der Waals surface area contributed by atoms with E-state index >= 15 is 0 Å². The number of aryl methyl sites for hydroxylation is 1. The van der Waals surface area contributed by atoms with Crippen molar-refractivity contribution >= 4 is 27.5 Å². The number of imidazole rings is 1. The van der Waals surface area contributed by atoms with E-state index in [0.29, 0.717) is 24.0 Å². The van der Waals surface area contributed by atoms with Crippen molar-refractivity contribution < 1.29 is 8.42 Å². The highest BCUT2D eigenvalue weighted by molar-refractivity contribution is 7.89. The monoisotopic (exact) mass is 416 g/mol. The van der Waals surface area contributed by atoms with Crippen LogP contribution in [-0.4, -0.2) is 46.2 Å². The molecule has 11 heteroatoms. The normalized spacial score (nSPS) is 11.6. The first-order valence-electron chi connectivity index (χ1n) is 9.14. The lowest BCUT2D eigenvalue weighted by atomic mass is 10.3. The van der Waals surface area contributed by atoms with E-state index in [9.17, 15) is 8.42 Å². The summed E-state index contributed by atoms with van der Waals surface area (Å²) in [5.74, 6) is 1.78. The van der Waals surface area contributed by atoms with Crippen LogP contribution in [0.4, 0.5) is 17.5 Å². The quantitative estimate of drug-likeness (QED) is 0.453. The van der Waals surface area contributed by atoms with Crippen LogP contribution in [0, 0.1) is 6.92 Å². The van der Waals surface area contributed by atoms with Crippen LogP contribution in [0.5, 0.6) is 0 Å². The summed E-state index contributed by atoms with van der Waals surface area (Å²) in [6.07, 6.45) is 4.79. The number of anilines is 3. The minimum atomic E-state index is -3.65. The van der Waals surface area contributed by atoms with Crippen molar-refractivity contribution in [2.24, 2.45) is 0 Å². The molecule has 0 saturated heterocycles. The van der Waals surface area contributed by atoms with E-state index in [-0.39, 0.29) is 17.6 Å². The van der Waals surface area contributed by atoms with Gasteiger partial charge < -0.3 is 15.2 Å². The molecule has 0 amide bonds. The summed E-state index contributed by atoms with van der Waals surface area (Å²) in [6, 6.07) is 7.47. The Morgan fingerprint density at radius 1 is 1.00 bits per heavy atom. The van der Waals surface area contributed by atoms with Gasteiger partial charge in [0.15, 0.2) is 10.8 Å². The number of pyridine rings is 1. The Hall–Kier alpha value is -3.05. The molecular formula is C18H24N8O2S. The van der Waals surface area contributed by atoms with Crippen LogP contribution >= 0.6 is 0 Å². The van der Waals surface area contributed by atoms with Crippen LogP contribution in [0.3, 0.4) is 0 Å². The molecule has 0 aliphatic carbocycles. The molecule has 0 unspecified atom stereocenters. The fourth-order valence-electron chi connectivity index (χ4n) is 2.36. The van der Waals surface area contributed by atoms with Gasteiger partial charge in [0.2, 0.25) is 0 Å².